The minimum Gasteiger partial charge on any atom is -0.463 e. The fourth-order valence-electron chi connectivity index (χ4n) is 4.18. The molecule has 2 aromatic rings. The van der Waals surface area contributed by atoms with E-state index in [0.717, 1.165) is 32.1 Å². The third kappa shape index (κ3) is 7.66. The summed E-state index contributed by atoms with van der Waals surface area (Å²) in [5.74, 6) is -1.91. The lowest BCUT2D eigenvalue weighted by Crippen LogP contribution is -2.40. The number of amides is 1. The number of carbonyl (C=O) groups is 4. The third-order valence-electron chi connectivity index (χ3n) is 5.86. The maximum atomic E-state index is 12.5. The molecule has 14 nitrogen and oxygen atoms in total. The molecular formula is C24H34N6O8. The van der Waals surface area contributed by atoms with E-state index in [1.165, 1.54) is 38.2 Å². The summed E-state index contributed by atoms with van der Waals surface area (Å²) in [6.45, 7) is 5.50. The first-order chi connectivity index (χ1) is 18.2. The Bertz CT molecular complexity index is 1140. The smallest absolute Gasteiger partial charge is 0.303 e. The Labute approximate surface area is 219 Å². The Morgan fingerprint density at radius 1 is 0.947 bits per heavy atom. The van der Waals surface area contributed by atoms with Gasteiger partial charge in [-0.05, 0) is 6.42 Å². The molecule has 14 heteroatoms. The molecule has 0 saturated carbocycles. The second-order valence-corrected chi connectivity index (χ2v) is 9.01. The van der Waals surface area contributed by atoms with Gasteiger partial charge < -0.3 is 24.3 Å². The summed E-state index contributed by atoms with van der Waals surface area (Å²) in [6.07, 6.45) is 3.56. The minimum atomic E-state index is -1.15. The van der Waals surface area contributed by atoms with Crippen molar-refractivity contribution in [3.8, 4) is 0 Å². The molecule has 1 aliphatic heterocycles. The molecule has 2 aromatic heterocycles. The monoisotopic (exact) mass is 534 g/mol. The van der Waals surface area contributed by atoms with Gasteiger partial charge in [0.15, 0.2) is 35.4 Å². The Kier molecular flexibility index (Phi) is 10.4. The number of hydrogen-bond donors (Lipinski definition) is 1. The maximum absolute atomic E-state index is 12.5. The van der Waals surface area contributed by atoms with Gasteiger partial charge in [-0.2, -0.15) is 4.68 Å². The highest BCUT2D eigenvalue weighted by Crippen LogP contribution is 2.35. The fraction of sp³-hybridized carbons (Fsp3) is 0.667. The first-order valence-corrected chi connectivity index (χ1v) is 12.7. The summed E-state index contributed by atoms with van der Waals surface area (Å²) in [5, 5.41) is 11.0. The molecule has 1 saturated heterocycles. The summed E-state index contributed by atoms with van der Waals surface area (Å²) in [6, 6.07) is 0. The molecule has 0 aliphatic carbocycles. The van der Waals surface area contributed by atoms with Gasteiger partial charge in [0.2, 0.25) is 5.91 Å². The Morgan fingerprint density at radius 2 is 1.63 bits per heavy atom. The molecule has 1 fully saturated rings. The van der Waals surface area contributed by atoms with Gasteiger partial charge in [-0.1, -0.05) is 44.2 Å². The molecule has 1 N–H and O–H groups in total. The van der Waals surface area contributed by atoms with Gasteiger partial charge in [0.1, 0.15) is 19.0 Å². The van der Waals surface area contributed by atoms with E-state index in [1.54, 1.807) is 0 Å². The lowest BCUT2D eigenvalue weighted by atomic mass is 10.1. The Hall–Kier alpha value is -3.68. The number of carbonyl (C=O) groups excluding carboxylic acids is 4. The topological polar surface area (TPSA) is 174 Å². The van der Waals surface area contributed by atoms with Crippen molar-refractivity contribution in [2.24, 2.45) is 0 Å². The highest BCUT2D eigenvalue weighted by Gasteiger charge is 2.51. The number of ether oxygens (including phenoxy) is 4. The molecule has 0 aromatic carbocycles. The predicted molar refractivity (Wildman–Crippen MR) is 131 cm³/mol. The van der Waals surface area contributed by atoms with E-state index in [0.29, 0.717) is 6.42 Å². The van der Waals surface area contributed by atoms with Gasteiger partial charge >= 0.3 is 17.9 Å². The predicted octanol–water partition coefficient (Wildman–Crippen LogP) is 2.23. The van der Waals surface area contributed by atoms with Crippen LogP contribution in [-0.4, -0.2) is 73.7 Å². The number of rotatable bonds is 13. The minimum absolute atomic E-state index is 0.173. The van der Waals surface area contributed by atoms with E-state index < -0.39 is 42.4 Å². The van der Waals surface area contributed by atoms with E-state index in [-0.39, 0.29) is 29.5 Å². The second kappa shape index (κ2) is 13.7. The van der Waals surface area contributed by atoms with Gasteiger partial charge in [0.25, 0.3) is 0 Å². The number of nitrogens with one attached hydrogen (secondary N) is 1. The molecule has 0 unspecified atom stereocenters. The van der Waals surface area contributed by atoms with Crippen LogP contribution in [0.5, 0.6) is 0 Å². The summed E-state index contributed by atoms with van der Waals surface area (Å²) in [7, 11) is 0. The van der Waals surface area contributed by atoms with Crippen LogP contribution in [0.2, 0.25) is 0 Å². The van der Waals surface area contributed by atoms with Crippen molar-refractivity contribution in [1.29, 1.82) is 0 Å². The third-order valence-corrected chi connectivity index (χ3v) is 5.86. The first-order valence-electron chi connectivity index (χ1n) is 12.7. The number of esters is 3. The molecule has 208 valence electrons. The SMILES string of the molecule is CCCCCCCCC(=O)Nc1ncnc2c1nnn2[C@@H]1O[C@H](COC(C)=O)[C@@H](OC(C)=O)[C@H]1OC(C)=O. The van der Waals surface area contributed by atoms with Crippen molar-refractivity contribution < 1.29 is 38.1 Å². The Morgan fingerprint density at radius 3 is 2.32 bits per heavy atom. The van der Waals surface area contributed by atoms with Crippen molar-refractivity contribution in [3.05, 3.63) is 6.33 Å². The summed E-state index contributed by atoms with van der Waals surface area (Å²) in [4.78, 5) is 55.9. The number of nitrogens with zero attached hydrogens (tertiary/aromatic N) is 5. The zero-order chi connectivity index (χ0) is 27.7. The van der Waals surface area contributed by atoms with Gasteiger partial charge in [0.05, 0.1) is 0 Å². The van der Waals surface area contributed by atoms with Gasteiger partial charge in [-0.15, -0.1) is 5.10 Å². The summed E-state index contributed by atoms with van der Waals surface area (Å²) < 4.78 is 23.1. The lowest BCUT2D eigenvalue weighted by Gasteiger charge is -2.23. The Balaban J connectivity index is 1.81. The average molecular weight is 535 g/mol. The quantitative estimate of drug-likeness (QED) is 0.226. The zero-order valence-corrected chi connectivity index (χ0v) is 22.0. The van der Waals surface area contributed by atoms with Crippen molar-refractivity contribution >= 4 is 40.8 Å². The standard InChI is InChI=1S/C24H34N6O8/c1-5-6-7-8-9-10-11-18(34)27-22-19-23(26-13-25-22)30(29-28-19)24-21(37-16(4)33)20(36-15(3)32)17(38-24)12-35-14(2)31/h13,17,20-21,24H,5-12H2,1-4H3,(H,25,26,27,34)/t17-,20-,21-,24-/m1/s1. The molecule has 1 amide bonds. The molecule has 0 bridgehead atoms. The first kappa shape index (κ1) is 28.9. The van der Waals surface area contributed by atoms with E-state index in [1.807, 2.05) is 0 Å². The maximum Gasteiger partial charge on any atom is 0.303 e. The van der Waals surface area contributed by atoms with E-state index in [4.69, 9.17) is 18.9 Å². The number of aromatic nitrogens is 5. The lowest BCUT2D eigenvalue weighted by molar-refractivity contribution is -0.166. The summed E-state index contributed by atoms with van der Waals surface area (Å²) >= 11 is 0. The van der Waals surface area contributed by atoms with Crippen LogP contribution >= 0.6 is 0 Å². The number of hydrogen-bond acceptors (Lipinski definition) is 12. The van der Waals surface area contributed by atoms with Gasteiger partial charge in [0, 0.05) is 27.2 Å². The van der Waals surface area contributed by atoms with Crippen LogP contribution in [0.3, 0.4) is 0 Å². The van der Waals surface area contributed by atoms with Crippen molar-refractivity contribution in [1.82, 2.24) is 25.0 Å². The van der Waals surface area contributed by atoms with E-state index in [9.17, 15) is 19.2 Å². The van der Waals surface area contributed by atoms with Crippen LogP contribution in [0.1, 0.15) is 78.9 Å². The van der Waals surface area contributed by atoms with Crippen LogP contribution < -0.4 is 5.32 Å². The number of unbranched alkanes of at least 4 members (excludes halogenated alkanes) is 5. The molecule has 3 heterocycles. The van der Waals surface area contributed by atoms with Crippen LogP contribution in [0.25, 0.3) is 11.2 Å². The molecule has 38 heavy (non-hydrogen) atoms. The van der Waals surface area contributed by atoms with Crippen LogP contribution in [0.4, 0.5) is 5.82 Å². The number of anilines is 1. The van der Waals surface area contributed by atoms with Gasteiger partial charge in [-0.3, -0.25) is 19.2 Å². The average Bonchev–Trinajstić information content (AvgIpc) is 3.41. The second-order valence-electron chi connectivity index (χ2n) is 9.01. The van der Waals surface area contributed by atoms with E-state index >= 15 is 0 Å². The number of fused-ring (bicyclic) bond motifs is 1. The van der Waals surface area contributed by atoms with Crippen LogP contribution in [0, 0.1) is 0 Å². The van der Waals surface area contributed by atoms with Crippen LogP contribution in [-0.2, 0) is 38.1 Å². The molecule has 0 radical (unpaired) electrons. The van der Waals surface area contributed by atoms with Crippen molar-refractivity contribution in [2.75, 3.05) is 11.9 Å². The normalized spacial score (nSPS) is 20.7. The van der Waals surface area contributed by atoms with E-state index in [2.05, 4.69) is 32.5 Å². The van der Waals surface area contributed by atoms with Crippen LogP contribution in [0.15, 0.2) is 6.33 Å². The zero-order valence-electron chi connectivity index (χ0n) is 22.0. The molecule has 4 atom stereocenters. The fourth-order valence-corrected chi connectivity index (χ4v) is 4.18. The highest BCUT2D eigenvalue weighted by atomic mass is 16.7. The van der Waals surface area contributed by atoms with Crippen molar-refractivity contribution in [2.45, 2.75) is 97.2 Å². The van der Waals surface area contributed by atoms with Gasteiger partial charge in [-0.25, -0.2) is 9.97 Å². The molecule has 1 aliphatic rings. The largest absolute Gasteiger partial charge is 0.463 e. The molecule has 0 spiro atoms. The molecular weight excluding hydrogens is 500 g/mol. The summed E-state index contributed by atoms with van der Waals surface area (Å²) in [5.41, 5.74) is 0.383. The molecule has 3 rings (SSSR count). The van der Waals surface area contributed by atoms with Crippen molar-refractivity contribution in [3.63, 3.8) is 0 Å². The highest BCUT2D eigenvalue weighted by molar-refractivity contribution is 5.96.